The molecule has 1 unspecified atom stereocenters. The van der Waals surface area contributed by atoms with Crippen LogP contribution in [0.3, 0.4) is 0 Å². The standard InChI is InChI=1S/C10H11BrCl2N2/c11-4-7-1-2-15(6-7)10-9(13)3-8(12)5-14-10/h3,5,7H,1-2,4,6H2. The molecule has 1 aromatic rings. The number of anilines is 1. The largest absolute Gasteiger partial charge is 0.355 e. The lowest BCUT2D eigenvalue weighted by atomic mass is 10.2. The van der Waals surface area contributed by atoms with Gasteiger partial charge in [-0.05, 0) is 18.4 Å². The van der Waals surface area contributed by atoms with Crippen molar-refractivity contribution in [3.05, 3.63) is 22.3 Å². The Kier molecular flexibility index (Phi) is 3.75. The van der Waals surface area contributed by atoms with Crippen LogP contribution >= 0.6 is 39.1 Å². The Morgan fingerprint density at radius 2 is 2.33 bits per heavy atom. The Balaban J connectivity index is 2.17. The quantitative estimate of drug-likeness (QED) is 0.776. The van der Waals surface area contributed by atoms with Gasteiger partial charge >= 0.3 is 0 Å². The summed E-state index contributed by atoms with van der Waals surface area (Å²) in [5.41, 5.74) is 0. The fraction of sp³-hybridized carbons (Fsp3) is 0.500. The van der Waals surface area contributed by atoms with Gasteiger partial charge in [0, 0.05) is 24.6 Å². The van der Waals surface area contributed by atoms with Crippen LogP contribution in [0.2, 0.25) is 10.0 Å². The van der Waals surface area contributed by atoms with Gasteiger partial charge in [-0.25, -0.2) is 4.98 Å². The second-order valence-electron chi connectivity index (χ2n) is 3.71. The second-order valence-corrected chi connectivity index (χ2v) is 5.21. The highest BCUT2D eigenvalue weighted by Gasteiger charge is 2.23. The molecule has 0 amide bonds. The monoisotopic (exact) mass is 308 g/mol. The molecule has 2 nitrogen and oxygen atoms in total. The van der Waals surface area contributed by atoms with E-state index in [-0.39, 0.29) is 0 Å². The molecule has 1 aliphatic rings. The average Bonchev–Trinajstić information content (AvgIpc) is 2.66. The molecule has 1 saturated heterocycles. The van der Waals surface area contributed by atoms with Gasteiger partial charge in [0.25, 0.3) is 0 Å². The van der Waals surface area contributed by atoms with Crippen LogP contribution in [0.5, 0.6) is 0 Å². The second kappa shape index (κ2) is 4.89. The van der Waals surface area contributed by atoms with Gasteiger partial charge in [0.1, 0.15) is 5.82 Å². The molecule has 0 saturated carbocycles. The number of rotatable bonds is 2. The summed E-state index contributed by atoms with van der Waals surface area (Å²) >= 11 is 15.4. The van der Waals surface area contributed by atoms with Crippen molar-refractivity contribution >= 4 is 44.9 Å². The number of aromatic nitrogens is 1. The molecule has 82 valence electrons. The van der Waals surface area contributed by atoms with E-state index in [0.717, 1.165) is 24.2 Å². The van der Waals surface area contributed by atoms with E-state index in [2.05, 4.69) is 25.8 Å². The third-order valence-corrected chi connectivity index (χ3v) is 3.99. The molecule has 0 radical (unpaired) electrons. The average molecular weight is 310 g/mol. The Hall–Kier alpha value is 0.01000. The highest BCUT2D eigenvalue weighted by molar-refractivity contribution is 9.09. The van der Waals surface area contributed by atoms with Crippen LogP contribution in [-0.4, -0.2) is 23.4 Å². The molecule has 1 aliphatic heterocycles. The van der Waals surface area contributed by atoms with Crippen LogP contribution in [0, 0.1) is 5.92 Å². The zero-order valence-corrected chi connectivity index (χ0v) is 11.2. The maximum absolute atomic E-state index is 6.10. The Morgan fingerprint density at radius 1 is 1.53 bits per heavy atom. The van der Waals surface area contributed by atoms with E-state index in [9.17, 15) is 0 Å². The number of pyridine rings is 1. The fourth-order valence-corrected chi connectivity index (χ4v) is 2.82. The lowest BCUT2D eigenvalue weighted by molar-refractivity contribution is 0.675. The van der Waals surface area contributed by atoms with E-state index in [0.29, 0.717) is 16.0 Å². The van der Waals surface area contributed by atoms with Gasteiger partial charge in [0.2, 0.25) is 0 Å². The molecule has 2 heterocycles. The van der Waals surface area contributed by atoms with Crippen molar-refractivity contribution in [2.75, 3.05) is 23.3 Å². The minimum atomic E-state index is 0.583. The molecule has 5 heteroatoms. The first kappa shape index (κ1) is 11.5. The van der Waals surface area contributed by atoms with E-state index in [4.69, 9.17) is 23.2 Å². The van der Waals surface area contributed by atoms with Gasteiger partial charge < -0.3 is 4.90 Å². The lowest BCUT2D eigenvalue weighted by Crippen LogP contribution is -2.21. The number of hydrogen-bond acceptors (Lipinski definition) is 2. The third-order valence-electron chi connectivity index (χ3n) is 2.59. The Labute approximate surface area is 108 Å². The maximum atomic E-state index is 6.10. The molecule has 1 fully saturated rings. The Morgan fingerprint density at radius 3 is 2.93 bits per heavy atom. The molecule has 0 N–H and O–H groups in total. The summed E-state index contributed by atoms with van der Waals surface area (Å²) in [6, 6.07) is 1.74. The highest BCUT2D eigenvalue weighted by Crippen LogP contribution is 2.30. The molecule has 0 aromatic carbocycles. The summed E-state index contributed by atoms with van der Waals surface area (Å²) in [6.07, 6.45) is 2.83. The molecular weight excluding hydrogens is 299 g/mol. The minimum Gasteiger partial charge on any atom is -0.355 e. The SMILES string of the molecule is Clc1cnc(N2CCC(CBr)C2)c(Cl)c1. The van der Waals surface area contributed by atoms with Gasteiger partial charge in [-0.2, -0.15) is 0 Å². The number of halogens is 3. The molecule has 1 aromatic heterocycles. The predicted octanol–water partition coefficient (Wildman–Crippen LogP) is 3.61. The molecule has 0 aliphatic carbocycles. The summed E-state index contributed by atoms with van der Waals surface area (Å²) in [5, 5.41) is 2.26. The van der Waals surface area contributed by atoms with Gasteiger partial charge in [-0.3, -0.25) is 0 Å². The van der Waals surface area contributed by atoms with Crippen molar-refractivity contribution in [1.29, 1.82) is 0 Å². The molecular formula is C10H11BrCl2N2. The smallest absolute Gasteiger partial charge is 0.147 e. The minimum absolute atomic E-state index is 0.583. The third kappa shape index (κ3) is 2.58. The summed E-state index contributed by atoms with van der Waals surface area (Å²) in [4.78, 5) is 6.49. The lowest BCUT2D eigenvalue weighted by Gasteiger charge is -2.18. The Bertz CT molecular complexity index is 359. The number of hydrogen-bond donors (Lipinski definition) is 0. The van der Waals surface area contributed by atoms with Gasteiger partial charge in [-0.15, -0.1) is 0 Å². The zero-order valence-electron chi connectivity index (χ0n) is 8.09. The summed E-state index contributed by atoms with van der Waals surface area (Å²) in [7, 11) is 0. The van der Waals surface area contributed by atoms with E-state index in [1.165, 1.54) is 6.42 Å². The van der Waals surface area contributed by atoms with Gasteiger partial charge in [0.05, 0.1) is 10.0 Å². The van der Waals surface area contributed by atoms with Crippen LogP contribution < -0.4 is 4.90 Å². The zero-order chi connectivity index (χ0) is 10.8. The van der Waals surface area contributed by atoms with Crippen LogP contribution in [0.4, 0.5) is 5.82 Å². The molecule has 0 bridgehead atoms. The van der Waals surface area contributed by atoms with Crippen molar-refractivity contribution in [1.82, 2.24) is 4.98 Å². The van der Waals surface area contributed by atoms with Crippen molar-refractivity contribution in [3.8, 4) is 0 Å². The molecule has 1 atom stereocenters. The first-order chi connectivity index (χ1) is 7.20. The highest BCUT2D eigenvalue weighted by atomic mass is 79.9. The van der Waals surface area contributed by atoms with Crippen molar-refractivity contribution in [2.24, 2.45) is 5.92 Å². The van der Waals surface area contributed by atoms with Gasteiger partial charge in [-0.1, -0.05) is 39.1 Å². The van der Waals surface area contributed by atoms with Crippen LogP contribution in [0.25, 0.3) is 0 Å². The van der Waals surface area contributed by atoms with Crippen molar-refractivity contribution < 1.29 is 0 Å². The maximum Gasteiger partial charge on any atom is 0.147 e. The van der Waals surface area contributed by atoms with Crippen LogP contribution in [-0.2, 0) is 0 Å². The van der Waals surface area contributed by atoms with Gasteiger partial charge in [0.15, 0.2) is 0 Å². The summed E-state index contributed by atoms with van der Waals surface area (Å²) < 4.78 is 0. The van der Waals surface area contributed by atoms with Crippen molar-refractivity contribution in [2.45, 2.75) is 6.42 Å². The summed E-state index contributed by atoms with van der Waals surface area (Å²) in [5.74, 6) is 1.54. The predicted molar refractivity (Wildman–Crippen MR) is 68.4 cm³/mol. The molecule has 15 heavy (non-hydrogen) atoms. The molecule has 2 rings (SSSR count). The molecule has 0 spiro atoms. The summed E-state index contributed by atoms with van der Waals surface area (Å²) in [6.45, 7) is 2.03. The van der Waals surface area contributed by atoms with Crippen molar-refractivity contribution in [3.63, 3.8) is 0 Å². The first-order valence-electron chi connectivity index (χ1n) is 4.82. The van der Waals surface area contributed by atoms with E-state index < -0.39 is 0 Å². The first-order valence-corrected chi connectivity index (χ1v) is 6.70. The topological polar surface area (TPSA) is 16.1 Å². The number of alkyl halides is 1. The van der Waals surface area contributed by atoms with E-state index >= 15 is 0 Å². The van der Waals surface area contributed by atoms with Crippen LogP contribution in [0.15, 0.2) is 12.3 Å². The van der Waals surface area contributed by atoms with E-state index in [1.807, 2.05) is 0 Å². The normalized spacial score (nSPS) is 21.0. The number of nitrogens with zero attached hydrogens (tertiary/aromatic N) is 2. The van der Waals surface area contributed by atoms with Crippen LogP contribution in [0.1, 0.15) is 6.42 Å². The fourth-order valence-electron chi connectivity index (χ4n) is 1.79. The van der Waals surface area contributed by atoms with E-state index in [1.54, 1.807) is 12.3 Å².